The van der Waals surface area contributed by atoms with Crippen LogP contribution in [0.1, 0.15) is 53.4 Å². The normalized spacial score (nSPS) is 31.1. The van der Waals surface area contributed by atoms with Gasteiger partial charge in [-0.2, -0.15) is 8.42 Å². The molecule has 0 aromatic rings. The van der Waals surface area contributed by atoms with E-state index in [0.29, 0.717) is 0 Å². The first-order chi connectivity index (χ1) is 7.85. The number of hydrogen-bond acceptors (Lipinski definition) is 4. The van der Waals surface area contributed by atoms with Crippen LogP contribution in [0.4, 0.5) is 0 Å². The summed E-state index contributed by atoms with van der Waals surface area (Å²) in [6.07, 6.45) is 3.03. The average Bonchev–Trinajstić information content (AvgIpc) is 2.37. The molecule has 0 spiro atoms. The van der Waals surface area contributed by atoms with Crippen molar-refractivity contribution in [3.63, 3.8) is 0 Å². The highest BCUT2D eigenvalue weighted by Gasteiger charge is 2.33. The Labute approximate surface area is 105 Å². The molecular weight excluding hydrogens is 240 g/mol. The van der Waals surface area contributed by atoms with E-state index in [1.54, 1.807) is 0 Å². The fraction of sp³-hybridized carbons (Fsp3) is 1.00. The van der Waals surface area contributed by atoms with Gasteiger partial charge in [0.1, 0.15) is 0 Å². The van der Waals surface area contributed by atoms with Crippen LogP contribution >= 0.6 is 0 Å². The molecule has 1 saturated heterocycles. The lowest BCUT2D eigenvalue weighted by Gasteiger charge is -2.20. The maximum absolute atomic E-state index is 11.7. The maximum Gasteiger partial charge on any atom is 0.400 e. The molecule has 5 heteroatoms. The molecule has 1 rings (SSSR count). The first-order valence-corrected chi connectivity index (χ1v) is 7.80. The Morgan fingerprint density at radius 2 is 1.65 bits per heavy atom. The standard InChI is InChI=1S/C12H24O4S/c1-5-6-10(4)12-8-7-11(9(2)3)15-17(13,14)16-12/h9-12H,5-8H2,1-4H3/t10-,11-,12-/m1/s1. The van der Waals surface area contributed by atoms with Crippen molar-refractivity contribution >= 4 is 10.4 Å². The van der Waals surface area contributed by atoms with E-state index in [-0.39, 0.29) is 24.0 Å². The highest BCUT2D eigenvalue weighted by Crippen LogP contribution is 2.28. The van der Waals surface area contributed by atoms with Gasteiger partial charge in [0.2, 0.25) is 0 Å². The molecule has 1 heterocycles. The Bertz CT molecular complexity index is 323. The summed E-state index contributed by atoms with van der Waals surface area (Å²) in [5.74, 6) is 0.442. The van der Waals surface area contributed by atoms with Crippen LogP contribution in [-0.2, 0) is 18.8 Å². The molecule has 0 unspecified atom stereocenters. The molecule has 4 nitrogen and oxygen atoms in total. The lowest BCUT2D eigenvalue weighted by Crippen LogP contribution is -2.24. The average molecular weight is 264 g/mol. The van der Waals surface area contributed by atoms with E-state index < -0.39 is 10.4 Å². The molecule has 0 aromatic carbocycles. The molecule has 0 aromatic heterocycles. The molecule has 0 amide bonds. The van der Waals surface area contributed by atoms with Gasteiger partial charge in [-0.25, -0.2) is 8.37 Å². The monoisotopic (exact) mass is 264 g/mol. The van der Waals surface area contributed by atoms with Gasteiger partial charge in [-0.1, -0.05) is 34.1 Å². The molecule has 1 fully saturated rings. The van der Waals surface area contributed by atoms with Crippen LogP contribution in [0.2, 0.25) is 0 Å². The number of hydrogen-bond donors (Lipinski definition) is 0. The molecular formula is C12H24O4S. The SMILES string of the molecule is CCC[C@@H](C)[C@H]1CC[C@H](C(C)C)OS(=O)(=O)O1. The molecule has 1 aliphatic rings. The first-order valence-electron chi connectivity index (χ1n) is 6.47. The molecule has 0 N–H and O–H groups in total. The van der Waals surface area contributed by atoms with Crippen LogP contribution in [0.3, 0.4) is 0 Å². The summed E-state index contributed by atoms with van der Waals surface area (Å²) in [5, 5.41) is 0. The zero-order valence-electron chi connectivity index (χ0n) is 11.2. The minimum atomic E-state index is -3.83. The fourth-order valence-electron chi connectivity index (χ4n) is 2.22. The second kappa shape index (κ2) is 6.16. The van der Waals surface area contributed by atoms with Gasteiger partial charge in [0.25, 0.3) is 0 Å². The summed E-state index contributed by atoms with van der Waals surface area (Å²) in [6, 6.07) is 0. The van der Waals surface area contributed by atoms with Crippen molar-refractivity contribution in [3.8, 4) is 0 Å². The van der Waals surface area contributed by atoms with Crippen LogP contribution in [0.25, 0.3) is 0 Å². The van der Waals surface area contributed by atoms with Crippen LogP contribution in [0, 0.1) is 11.8 Å². The van der Waals surface area contributed by atoms with Gasteiger partial charge < -0.3 is 0 Å². The van der Waals surface area contributed by atoms with Crippen molar-refractivity contribution in [2.45, 2.75) is 65.6 Å². The summed E-state index contributed by atoms with van der Waals surface area (Å²) in [7, 11) is -3.83. The Hall–Kier alpha value is -0.130. The van der Waals surface area contributed by atoms with Crippen molar-refractivity contribution in [1.82, 2.24) is 0 Å². The van der Waals surface area contributed by atoms with Gasteiger partial charge >= 0.3 is 10.4 Å². The van der Waals surface area contributed by atoms with Crippen molar-refractivity contribution in [2.75, 3.05) is 0 Å². The van der Waals surface area contributed by atoms with Gasteiger partial charge in [0.05, 0.1) is 12.2 Å². The zero-order chi connectivity index (χ0) is 13.1. The molecule has 0 bridgehead atoms. The summed E-state index contributed by atoms with van der Waals surface area (Å²) < 4.78 is 33.5. The third kappa shape index (κ3) is 4.56. The van der Waals surface area contributed by atoms with Crippen molar-refractivity contribution in [2.24, 2.45) is 11.8 Å². The Kier molecular flexibility index (Phi) is 5.41. The molecule has 102 valence electrons. The summed E-state index contributed by atoms with van der Waals surface area (Å²) in [6.45, 7) is 8.07. The Morgan fingerprint density at radius 1 is 1.12 bits per heavy atom. The highest BCUT2D eigenvalue weighted by atomic mass is 32.3. The lowest BCUT2D eigenvalue weighted by atomic mass is 9.93. The quantitative estimate of drug-likeness (QED) is 0.783. The van der Waals surface area contributed by atoms with E-state index in [4.69, 9.17) is 8.37 Å². The number of rotatable bonds is 4. The van der Waals surface area contributed by atoms with Gasteiger partial charge in [0, 0.05) is 0 Å². The molecule has 3 atom stereocenters. The molecule has 0 aliphatic carbocycles. The highest BCUT2D eigenvalue weighted by molar-refractivity contribution is 7.81. The molecule has 17 heavy (non-hydrogen) atoms. The summed E-state index contributed by atoms with van der Waals surface area (Å²) >= 11 is 0. The third-order valence-corrected chi connectivity index (χ3v) is 4.31. The largest absolute Gasteiger partial charge is 0.400 e. The van der Waals surface area contributed by atoms with E-state index in [9.17, 15) is 8.42 Å². The van der Waals surface area contributed by atoms with E-state index in [0.717, 1.165) is 25.7 Å². The topological polar surface area (TPSA) is 52.6 Å². The third-order valence-electron chi connectivity index (χ3n) is 3.34. The second-order valence-electron chi connectivity index (χ2n) is 5.26. The van der Waals surface area contributed by atoms with E-state index in [1.807, 2.05) is 20.8 Å². The second-order valence-corrected chi connectivity index (χ2v) is 6.47. The summed E-state index contributed by atoms with van der Waals surface area (Å²) in [4.78, 5) is 0. The zero-order valence-corrected chi connectivity index (χ0v) is 12.0. The van der Waals surface area contributed by atoms with Gasteiger partial charge in [-0.3, -0.25) is 0 Å². The van der Waals surface area contributed by atoms with Crippen LogP contribution in [0.5, 0.6) is 0 Å². The van der Waals surface area contributed by atoms with E-state index >= 15 is 0 Å². The van der Waals surface area contributed by atoms with E-state index in [2.05, 4.69) is 6.92 Å². The van der Waals surface area contributed by atoms with Crippen molar-refractivity contribution in [1.29, 1.82) is 0 Å². The first kappa shape index (κ1) is 14.9. The Balaban J connectivity index is 2.73. The molecule has 0 radical (unpaired) electrons. The summed E-state index contributed by atoms with van der Waals surface area (Å²) in [5.41, 5.74) is 0. The maximum atomic E-state index is 11.7. The predicted octanol–water partition coefficient (Wildman–Crippen LogP) is 2.89. The minimum absolute atomic E-state index is 0.189. The minimum Gasteiger partial charge on any atom is -0.245 e. The molecule has 1 aliphatic heterocycles. The van der Waals surface area contributed by atoms with Crippen molar-refractivity contribution in [3.05, 3.63) is 0 Å². The van der Waals surface area contributed by atoms with Gasteiger partial charge in [-0.15, -0.1) is 0 Å². The van der Waals surface area contributed by atoms with Gasteiger partial charge in [0.15, 0.2) is 0 Å². The van der Waals surface area contributed by atoms with Crippen LogP contribution in [-0.4, -0.2) is 20.6 Å². The Morgan fingerprint density at radius 3 is 2.18 bits per heavy atom. The molecule has 0 saturated carbocycles. The van der Waals surface area contributed by atoms with Gasteiger partial charge in [-0.05, 0) is 31.1 Å². The smallest absolute Gasteiger partial charge is 0.245 e. The van der Waals surface area contributed by atoms with Crippen LogP contribution in [0.15, 0.2) is 0 Å². The van der Waals surface area contributed by atoms with Crippen LogP contribution < -0.4 is 0 Å². The lowest BCUT2D eigenvalue weighted by molar-refractivity contribution is 0.117. The van der Waals surface area contributed by atoms with E-state index in [1.165, 1.54) is 0 Å². The predicted molar refractivity (Wildman–Crippen MR) is 66.8 cm³/mol. The fourth-order valence-corrected chi connectivity index (χ4v) is 3.47. The van der Waals surface area contributed by atoms with Crippen molar-refractivity contribution < 1.29 is 16.8 Å².